The highest BCUT2D eigenvalue weighted by molar-refractivity contribution is 9.10. The minimum atomic E-state index is -0.422. The first-order valence-electron chi connectivity index (χ1n) is 7.82. The van der Waals surface area contributed by atoms with Crippen molar-refractivity contribution in [3.8, 4) is 5.75 Å². The van der Waals surface area contributed by atoms with Crippen molar-refractivity contribution in [3.63, 3.8) is 0 Å². The molecule has 132 valence electrons. The Labute approximate surface area is 155 Å². The van der Waals surface area contributed by atoms with Crippen LogP contribution in [0, 0.1) is 5.92 Å². The van der Waals surface area contributed by atoms with Crippen molar-refractivity contribution in [2.24, 2.45) is 5.92 Å². The van der Waals surface area contributed by atoms with Crippen molar-refractivity contribution in [1.29, 1.82) is 0 Å². The monoisotopic (exact) mass is 405 g/mol. The molecule has 1 N–H and O–H groups in total. The van der Waals surface area contributed by atoms with Crippen LogP contribution in [0.15, 0.2) is 46.9 Å². The quantitative estimate of drug-likeness (QED) is 0.717. The highest BCUT2D eigenvalue weighted by Crippen LogP contribution is 2.25. The number of amides is 1. The number of carbonyl (C=O) groups excluding carboxylic acids is 2. The van der Waals surface area contributed by atoms with Gasteiger partial charge < -0.3 is 14.8 Å². The Balaban J connectivity index is 2.17. The number of rotatable bonds is 6. The number of esters is 1. The van der Waals surface area contributed by atoms with Gasteiger partial charge in [0, 0.05) is 10.2 Å². The first-order valence-corrected chi connectivity index (χ1v) is 8.62. The Hall–Kier alpha value is -2.34. The number of nitrogens with one attached hydrogen (secondary N) is 1. The molecule has 0 saturated heterocycles. The van der Waals surface area contributed by atoms with Crippen LogP contribution in [0.25, 0.3) is 0 Å². The summed E-state index contributed by atoms with van der Waals surface area (Å²) in [6.07, 6.45) is 0. The number of benzene rings is 2. The average Bonchev–Trinajstić information content (AvgIpc) is 2.60. The van der Waals surface area contributed by atoms with Crippen LogP contribution in [-0.2, 0) is 4.74 Å². The minimum absolute atomic E-state index is 0.286. The van der Waals surface area contributed by atoms with Gasteiger partial charge in [-0.05, 0) is 48.4 Å². The zero-order valence-corrected chi connectivity index (χ0v) is 15.9. The van der Waals surface area contributed by atoms with E-state index in [9.17, 15) is 9.59 Å². The summed E-state index contributed by atoms with van der Waals surface area (Å²) in [4.78, 5) is 24.0. The van der Waals surface area contributed by atoms with Gasteiger partial charge in [0.15, 0.2) is 0 Å². The van der Waals surface area contributed by atoms with Gasteiger partial charge in [-0.2, -0.15) is 0 Å². The molecule has 0 saturated carbocycles. The molecule has 25 heavy (non-hydrogen) atoms. The van der Waals surface area contributed by atoms with E-state index in [4.69, 9.17) is 4.74 Å². The van der Waals surface area contributed by atoms with Crippen LogP contribution >= 0.6 is 15.9 Å². The Kier molecular flexibility index (Phi) is 6.58. The van der Waals surface area contributed by atoms with Gasteiger partial charge in [0.05, 0.1) is 24.8 Å². The summed E-state index contributed by atoms with van der Waals surface area (Å²) in [5.41, 5.74) is 1.43. The van der Waals surface area contributed by atoms with Crippen LogP contribution in [0.2, 0.25) is 0 Å². The lowest BCUT2D eigenvalue weighted by atomic mass is 10.1. The van der Waals surface area contributed by atoms with Gasteiger partial charge in [-0.25, -0.2) is 4.79 Å². The topological polar surface area (TPSA) is 64.6 Å². The van der Waals surface area contributed by atoms with Gasteiger partial charge in [0.2, 0.25) is 0 Å². The molecule has 0 aromatic heterocycles. The van der Waals surface area contributed by atoms with Crippen LogP contribution in [0.5, 0.6) is 5.75 Å². The lowest BCUT2D eigenvalue weighted by molar-refractivity contribution is 0.0600. The van der Waals surface area contributed by atoms with Crippen molar-refractivity contribution in [2.75, 3.05) is 19.0 Å². The van der Waals surface area contributed by atoms with E-state index in [0.717, 1.165) is 4.47 Å². The maximum Gasteiger partial charge on any atom is 0.337 e. The summed E-state index contributed by atoms with van der Waals surface area (Å²) in [5, 5.41) is 2.81. The summed E-state index contributed by atoms with van der Waals surface area (Å²) in [6.45, 7) is 4.61. The lowest BCUT2D eigenvalue weighted by Crippen LogP contribution is -2.15. The molecule has 1 amide bonds. The number of anilines is 1. The fourth-order valence-corrected chi connectivity index (χ4v) is 2.43. The van der Waals surface area contributed by atoms with Crippen molar-refractivity contribution in [1.82, 2.24) is 0 Å². The molecule has 0 aliphatic carbocycles. The molecule has 0 bridgehead atoms. The van der Waals surface area contributed by atoms with E-state index in [1.165, 1.54) is 7.11 Å². The maximum atomic E-state index is 12.6. The summed E-state index contributed by atoms with van der Waals surface area (Å²) < 4.78 is 11.2. The fraction of sp³-hybridized carbons (Fsp3) is 0.263. The van der Waals surface area contributed by atoms with Crippen LogP contribution < -0.4 is 10.1 Å². The first-order chi connectivity index (χ1) is 11.9. The van der Waals surface area contributed by atoms with Gasteiger partial charge >= 0.3 is 5.97 Å². The predicted molar refractivity (Wildman–Crippen MR) is 100 cm³/mol. The minimum Gasteiger partial charge on any atom is -0.492 e. The van der Waals surface area contributed by atoms with E-state index in [1.807, 2.05) is 19.9 Å². The SMILES string of the molecule is COC(=O)c1ccc(NC(=O)c2cc(Br)ccc2OCC(C)C)cc1. The Morgan fingerprint density at radius 1 is 1.12 bits per heavy atom. The van der Waals surface area contributed by atoms with Crippen molar-refractivity contribution in [3.05, 3.63) is 58.1 Å². The second kappa shape index (κ2) is 8.67. The average molecular weight is 406 g/mol. The lowest BCUT2D eigenvalue weighted by Gasteiger charge is -2.14. The molecule has 0 spiro atoms. The molecule has 5 nitrogen and oxygen atoms in total. The number of halogens is 1. The predicted octanol–water partition coefficient (Wildman–Crippen LogP) is 4.52. The van der Waals surface area contributed by atoms with Crippen molar-refractivity contribution < 1.29 is 19.1 Å². The normalized spacial score (nSPS) is 10.4. The largest absolute Gasteiger partial charge is 0.492 e. The standard InChI is InChI=1S/C19H20BrNO4/c1-12(2)11-25-17-9-6-14(20)10-16(17)18(22)21-15-7-4-13(5-8-15)19(23)24-3/h4-10,12H,11H2,1-3H3,(H,21,22). The van der Waals surface area contributed by atoms with Gasteiger partial charge in [0.1, 0.15) is 5.75 Å². The Morgan fingerprint density at radius 3 is 2.40 bits per heavy atom. The summed E-state index contributed by atoms with van der Waals surface area (Å²) in [5.74, 6) is 0.172. The third kappa shape index (κ3) is 5.32. The van der Waals surface area contributed by atoms with Crippen LogP contribution in [0.3, 0.4) is 0 Å². The number of hydrogen-bond donors (Lipinski definition) is 1. The Morgan fingerprint density at radius 2 is 1.80 bits per heavy atom. The number of methoxy groups -OCH3 is 1. The number of ether oxygens (including phenoxy) is 2. The fourth-order valence-electron chi connectivity index (χ4n) is 2.07. The van der Waals surface area contributed by atoms with E-state index in [2.05, 4.69) is 26.0 Å². The Bertz CT molecular complexity index is 757. The van der Waals surface area contributed by atoms with Gasteiger partial charge in [-0.1, -0.05) is 29.8 Å². The zero-order valence-electron chi connectivity index (χ0n) is 14.3. The molecule has 2 aromatic carbocycles. The molecule has 0 unspecified atom stereocenters. The molecule has 0 aliphatic rings. The molecule has 0 radical (unpaired) electrons. The van der Waals surface area contributed by atoms with Crippen LogP contribution in [0.4, 0.5) is 5.69 Å². The van der Waals surface area contributed by atoms with E-state index in [1.54, 1.807) is 36.4 Å². The van der Waals surface area contributed by atoms with Gasteiger partial charge in [0.25, 0.3) is 5.91 Å². The smallest absolute Gasteiger partial charge is 0.337 e. The molecule has 0 aliphatic heterocycles. The molecule has 0 atom stereocenters. The van der Waals surface area contributed by atoms with Crippen molar-refractivity contribution in [2.45, 2.75) is 13.8 Å². The second-order valence-corrected chi connectivity index (χ2v) is 6.78. The van der Waals surface area contributed by atoms with E-state index in [-0.39, 0.29) is 5.91 Å². The zero-order chi connectivity index (χ0) is 18.4. The highest BCUT2D eigenvalue weighted by Gasteiger charge is 2.15. The molecule has 2 rings (SSSR count). The molecule has 2 aromatic rings. The molecule has 6 heteroatoms. The second-order valence-electron chi connectivity index (χ2n) is 5.87. The molecule has 0 heterocycles. The van der Waals surface area contributed by atoms with Crippen molar-refractivity contribution >= 4 is 33.5 Å². The van der Waals surface area contributed by atoms with E-state index >= 15 is 0 Å². The van der Waals surface area contributed by atoms with Crippen LogP contribution in [-0.4, -0.2) is 25.6 Å². The number of carbonyl (C=O) groups is 2. The third-order valence-electron chi connectivity index (χ3n) is 3.32. The van der Waals surface area contributed by atoms with Gasteiger partial charge in [-0.3, -0.25) is 4.79 Å². The maximum absolute atomic E-state index is 12.6. The summed E-state index contributed by atoms with van der Waals surface area (Å²) in [6, 6.07) is 11.8. The highest BCUT2D eigenvalue weighted by atomic mass is 79.9. The molecular formula is C19H20BrNO4. The molecular weight excluding hydrogens is 386 g/mol. The van der Waals surface area contributed by atoms with Crippen LogP contribution in [0.1, 0.15) is 34.6 Å². The first kappa shape index (κ1) is 19.0. The third-order valence-corrected chi connectivity index (χ3v) is 3.82. The molecule has 0 fully saturated rings. The summed E-state index contributed by atoms with van der Waals surface area (Å²) in [7, 11) is 1.32. The summed E-state index contributed by atoms with van der Waals surface area (Å²) >= 11 is 3.38. The van der Waals surface area contributed by atoms with E-state index < -0.39 is 5.97 Å². The number of hydrogen-bond acceptors (Lipinski definition) is 4. The van der Waals surface area contributed by atoms with E-state index in [0.29, 0.717) is 35.1 Å². The van der Waals surface area contributed by atoms with Gasteiger partial charge in [-0.15, -0.1) is 0 Å².